The molecule has 96 valence electrons. The first-order valence-corrected chi connectivity index (χ1v) is 6.20. The average Bonchev–Trinajstić information content (AvgIpc) is 2.30. The highest BCUT2D eigenvalue weighted by Crippen LogP contribution is 2.13. The fraction of sp³-hybridized carbons (Fsp3) is 0.571. The van der Waals surface area contributed by atoms with Crippen LogP contribution in [0.1, 0.15) is 25.8 Å². The lowest BCUT2D eigenvalue weighted by Crippen LogP contribution is -2.07. The van der Waals surface area contributed by atoms with Crippen molar-refractivity contribution >= 4 is 0 Å². The monoisotopic (exact) mass is 238 g/mol. The molecule has 0 aliphatic carbocycles. The number of aliphatic hydroxyl groups excluding tert-OH is 1. The Balaban J connectivity index is 2.25. The zero-order valence-corrected chi connectivity index (χ0v) is 10.7. The topological polar surface area (TPSA) is 38.7 Å². The van der Waals surface area contributed by atoms with E-state index in [4.69, 9.17) is 9.47 Å². The lowest BCUT2D eigenvalue weighted by Gasteiger charge is -2.08. The number of hydrogen-bond donors (Lipinski definition) is 1. The van der Waals surface area contributed by atoms with E-state index in [1.807, 2.05) is 24.3 Å². The van der Waals surface area contributed by atoms with Gasteiger partial charge in [0.1, 0.15) is 12.4 Å². The summed E-state index contributed by atoms with van der Waals surface area (Å²) in [7, 11) is 0. The van der Waals surface area contributed by atoms with E-state index in [1.165, 1.54) is 0 Å². The van der Waals surface area contributed by atoms with E-state index in [0.29, 0.717) is 19.6 Å². The van der Waals surface area contributed by atoms with Gasteiger partial charge >= 0.3 is 0 Å². The summed E-state index contributed by atoms with van der Waals surface area (Å²) in [5.74, 6) is 0.847. The van der Waals surface area contributed by atoms with Crippen LogP contribution < -0.4 is 4.74 Å². The Morgan fingerprint density at radius 2 is 1.82 bits per heavy atom. The summed E-state index contributed by atoms with van der Waals surface area (Å²) in [6, 6.07) is 7.82. The average molecular weight is 238 g/mol. The van der Waals surface area contributed by atoms with Crippen LogP contribution in [0, 0.1) is 0 Å². The van der Waals surface area contributed by atoms with Crippen molar-refractivity contribution in [3.8, 4) is 5.75 Å². The molecule has 1 aromatic rings. The van der Waals surface area contributed by atoms with Crippen LogP contribution in [-0.4, -0.2) is 31.0 Å². The summed E-state index contributed by atoms with van der Waals surface area (Å²) in [6.45, 7) is 5.87. The Hall–Kier alpha value is -1.06. The maximum absolute atomic E-state index is 9.25. The fourth-order valence-electron chi connectivity index (χ4n) is 1.53. The summed E-state index contributed by atoms with van der Waals surface area (Å²) in [4.78, 5) is 0. The molecule has 0 aliphatic rings. The molecule has 3 nitrogen and oxygen atoms in total. The third-order valence-corrected chi connectivity index (χ3v) is 2.30. The van der Waals surface area contributed by atoms with Crippen LogP contribution in [-0.2, 0) is 11.2 Å². The Morgan fingerprint density at radius 1 is 1.12 bits per heavy atom. The Bertz CT molecular complexity index is 293. The van der Waals surface area contributed by atoms with E-state index in [0.717, 1.165) is 24.3 Å². The van der Waals surface area contributed by atoms with Crippen molar-refractivity contribution in [3.63, 3.8) is 0 Å². The van der Waals surface area contributed by atoms with Gasteiger partial charge in [-0.3, -0.25) is 0 Å². The maximum atomic E-state index is 9.25. The zero-order valence-electron chi connectivity index (χ0n) is 10.7. The molecule has 0 heterocycles. The van der Waals surface area contributed by atoms with E-state index >= 15 is 0 Å². The number of rotatable bonds is 8. The van der Waals surface area contributed by atoms with E-state index < -0.39 is 0 Å². The predicted molar refractivity (Wildman–Crippen MR) is 68.4 cm³/mol. The fourth-order valence-corrected chi connectivity index (χ4v) is 1.53. The highest BCUT2D eigenvalue weighted by Gasteiger charge is 1.99. The van der Waals surface area contributed by atoms with Gasteiger partial charge in [-0.15, -0.1) is 0 Å². The largest absolute Gasteiger partial charge is 0.491 e. The second-order valence-corrected chi connectivity index (χ2v) is 4.16. The molecule has 0 spiro atoms. The third-order valence-electron chi connectivity index (χ3n) is 2.30. The van der Waals surface area contributed by atoms with E-state index in [2.05, 4.69) is 6.92 Å². The highest BCUT2D eigenvalue weighted by molar-refractivity contribution is 5.27. The summed E-state index contributed by atoms with van der Waals surface area (Å²) in [5, 5.41) is 9.25. The van der Waals surface area contributed by atoms with Crippen molar-refractivity contribution in [3.05, 3.63) is 29.8 Å². The maximum Gasteiger partial charge on any atom is 0.119 e. The first kappa shape index (κ1) is 14.0. The van der Waals surface area contributed by atoms with Gasteiger partial charge in [0.25, 0.3) is 0 Å². The second-order valence-electron chi connectivity index (χ2n) is 4.16. The molecule has 1 aromatic carbocycles. The molecular weight excluding hydrogens is 216 g/mol. The van der Waals surface area contributed by atoms with Gasteiger partial charge in [-0.25, -0.2) is 0 Å². The number of aliphatic hydroxyl groups is 1. The molecule has 0 amide bonds. The Labute approximate surface area is 103 Å². The smallest absolute Gasteiger partial charge is 0.119 e. The second kappa shape index (κ2) is 8.09. The summed E-state index contributed by atoms with van der Waals surface area (Å²) in [5.41, 5.74) is 1.12. The van der Waals surface area contributed by atoms with Gasteiger partial charge in [-0.1, -0.05) is 19.1 Å². The molecule has 1 unspecified atom stereocenters. The van der Waals surface area contributed by atoms with Crippen LogP contribution in [0.4, 0.5) is 0 Å². The number of ether oxygens (including phenoxy) is 2. The first-order valence-electron chi connectivity index (χ1n) is 6.20. The van der Waals surface area contributed by atoms with Crippen LogP contribution in [0.15, 0.2) is 24.3 Å². The van der Waals surface area contributed by atoms with E-state index in [1.54, 1.807) is 6.92 Å². The molecule has 1 N–H and O–H groups in total. The molecule has 0 saturated heterocycles. The van der Waals surface area contributed by atoms with Gasteiger partial charge in [-0.05, 0) is 37.5 Å². The van der Waals surface area contributed by atoms with E-state index in [-0.39, 0.29) is 6.10 Å². The van der Waals surface area contributed by atoms with Gasteiger partial charge in [0, 0.05) is 6.61 Å². The van der Waals surface area contributed by atoms with Gasteiger partial charge in [-0.2, -0.15) is 0 Å². The van der Waals surface area contributed by atoms with Crippen LogP contribution in [0.2, 0.25) is 0 Å². The van der Waals surface area contributed by atoms with Crippen molar-refractivity contribution < 1.29 is 14.6 Å². The summed E-state index contributed by atoms with van der Waals surface area (Å²) >= 11 is 0. The zero-order chi connectivity index (χ0) is 12.5. The molecule has 0 fully saturated rings. The number of hydrogen-bond acceptors (Lipinski definition) is 3. The third kappa shape index (κ3) is 6.29. The lowest BCUT2D eigenvalue weighted by molar-refractivity contribution is 0.101. The van der Waals surface area contributed by atoms with Gasteiger partial charge in [0.05, 0.1) is 12.7 Å². The Kier molecular flexibility index (Phi) is 6.67. The highest BCUT2D eigenvalue weighted by atomic mass is 16.5. The van der Waals surface area contributed by atoms with Crippen molar-refractivity contribution in [1.82, 2.24) is 0 Å². The quantitative estimate of drug-likeness (QED) is 0.707. The van der Waals surface area contributed by atoms with Crippen molar-refractivity contribution in [2.75, 3.05) is 19.8 Å². The molecule has 0 aliphatic heterocycles. The molecule has 3 heteroatoms. The molecule has 1 rings (SSSR count). The van der Waals surface area contributed by atoms with Crippen molar-refractivity contribution in [2.24, 2.45) is 0 Å². The standard InChI is InChI=1S/C14H22O3/c1-3-8-16-9-10-17-14-6-4-13(5-7-14)11-12(2)15/h4-7,12,15H,3,8-11H2,1-2H3. The van der Waals surface area contributed by atoms with E-state index in [9.17, 15) is 5.11 Å². The van der Waals surface area contributed by atoms with Crippen molar-refractivity contribution in [2.45, 2.75) is 32.8 Å². The van der Waals surface area contributed by atoms with Gasteiger partial charge in [0.15, 0.2) is 0 Å². The molecule has 0 aromatic heterocycles. The minimum atomic E-state index is -0.302. The Morgan fingerprint density at radius 3 is 2.41 bits per heavy atom. The minimum absolute atomic E-state index is 0.302. The molecule has 0 saturated carbocycles. The van der Waals surface area contributed by atoms with Crippen molar-refractivity contribution in [1.29, 1.82) is 0 Å². The minimum Gasteiger partial charge on any atom is -0.491 e. The van der Waals surface area contributed by atoms with Crippen LogP contribution in [0.25, 0.3) is 0 Å². The van der Waals surface area contributed by atoms with Gasteiger partial charge in [0.2, 0.25) is 0 Å². The van der Waals surface area contributed by atoms with Crippen LogP contribution in [0.3, 0.4) is 0 Å². The molecule has 17 heavy (non-hydrogen) atoms. The predicted octanol–water partition coefficient (Wildman–Crippen LogP) is 2.42. The normalized spacial score (nSPS) is 12.4. The first-order chi connectivity index (χ1) is 8.22. The molecule has 0 bridgehead atoms. The van der Waals surface area contributed by atoms with Gasteiger partial charge < -0.3 is 14.6 Å². The van der Waals surface area contributed by atoms with Crippen LogP contribution >= 0.6 is 0 Å². The summed E-state index contributed by atoms with van der Waals surface area (Å²) < 4.78 is 10.8. The molecular formula is C14H22O3. The molecule has 0 radical (unpaired) electrons. The lowest BCUT2D eigenvalue weighted by atomic mass is 10.1. The van der Waals surface area contributed by atoms with Crippen LogP contribution in [0.5, 0.6) is 5.75 Å². The number of benzene rings is 1. The summed E-state index contributed by atoms with van der Waals surface area (Å²) in [6.07, 6.45) is 1.41. The molecule has 1 atom stereocenters. The SMILES string of the molecule is CCCOCCOc1ccc(CC(C)O)cc1.